The molecule has 3 nitrogen and oxygen atoms in total. The second-order valence-electron chi connectivity index (χ2n) is 4.29. The van der Waals surface area contributed by atoms with Gasteiger partial charge in [-0.3, -0.25) is 0 Å². The third kappa shape index (κ3) is 3.26. The van der Waals surface area contributed by atoms with Crippen LogP contribution in [0.25, 0.3) is 0 Å². The molecule has 0 heterocycles. The lowest BCUT2D eigenvalue weighted by molar-refractivity contribution is 0.397. The summed E-state index contributed by atoms with van der Waals surface area (Å²) in [5.74, 6) is 1.45. The Kier molecular flexibility index (Phi) is 4.91. The summed E-state index contributed by atoms with van der Waals surface area (Å²) in [6, 6.07) is 10.8. The van der Waals surface area contributed by atoms with E-state index in [1.807, 2.05) is 36.4 Å². The van der Waals surface area contributed by atoms with Crippen molar-refractivity contribution in [2.24, 2.45) is 5.73 Å². The average molecular weight is 357 g/mol. The number of benzene rings is 2. The van der Waals surface area contributed by atoms with Crippen molar-refractivity contribution in [3.05, 3.63) is 57.0 Å². The smallest absolute Gasteiger partial charge is 0.124 e. The van der Waals surface area contributed by atoms with Gasteiger partial charge in [-0.2, -0.15) is 0 Å². The van der Waals surface area contributed by atoms with Gasteiger partial charge in [-0.15, -0.1) is 0 Å². The summed E-state index contributed by atoms with van der Waals surface area (Å²) < 4.78 is 11.5. The molecular weight excluding hydrogens is 342 g/mol. The molecule has 2 rings (SSSR count). The van der Waals surface area contributed by atoms with Crippen LogP contribution >= 0.6 is 27.5 Å². The van der Waals surface area contributed by atoms with Gasteiger partial charge in [0.15, 0.2) is 0 Å². The van der Waals surface area contributed by atoms with E-state index >= 15 is 0 Å². The van der Waals surface area contributed by atoms with Gasteiger partial charge in [0.25, 0.3) is 0 Å². The van der Waals surface area contributed by atoms with E-state index in [1.165, 1.54) is 0 Å². The molecule has 2 N–H and O–H groups in total. The Morgan fingerprint density at radius 3 is 2.45 bits per heavy atom. The second kappa shape index (κ2) is 6.48. The first kappa shape index (κ1) is 15.2. The van der Waals surface area contributed by atoms with Crippen LogP contribution in [0.15, 0.2) is 40.9 Å². The second-order valence-corrected chi connectivity index (χ2v) is 5.64. The van der Waals surface area contributed by atoms with E-state index in [1.54, 1.807) is 14.2 Å². The minimum atomic E-state index is -0.352. The molecule has 1 unspecified atom stereocenters. The number of ether oxygens (including phenoxy) is 2. The molecule has 0 aliphatic carbocycles. The first-order valence-corrected chi connectivity index (χ1v) is 7.15. The van der Waals surface area contributed by atoms with Crippen LogP contribution in [0.2, 0.25) is 5.02 Å². The van der Waals surface area contributed by atoms with Crippen molar-refractivity contribution in [2.75, 3.05) is 14.2 Å². The number of nitrogens with two attached hydrogens (primary N) is 1. The summed E-state index contributed by atoms with van der Waals surface area (Å²) in [6.45, 7) is 0. The maximum Gasteiger partial charge on any atom is 0.124 e. The van der Waals surface area contributed by atoms with Crippen LogP contribution in [0.1, 0.15) is 17.2 Å². The Morgan fingerprint density at radius 1 is 1.10 bits per heavy atom. The van der Waals surface area contributed by atoms with E-state index in [9.17, 15) is 0 Å². The zero-order valence-corrected chi connectivity index (χ0v) is 13.5. The fraction of sp³-hybridized carbons (Fsp3) is 0.200. The zero-order valence-electron chi connectivity index (χ0n) is 11.2. The van der Waals surface area contributed by atoms with Crippen LogP contribution < -0.4 is 15.2 Å². The molecule has 0 aliphatic heterocycles. The summed E-state index contributed by atoms with van der Waals surface area (Å²) in [7, 11) is 3.24. The van der Waals surface area contributed by atoms with E-state index in [4.69, 9.17) is 26.8 Å². The lowest BCUT2D eigenvalue weighted by Gasteiger charge is -2.17. The predicted octanol–water partition coefficient (Wildman–Crippen LogP) is 4.17. The third-order valence-corrected chi connectivity index (χ3v) is 3.69. The highest BCUT2D eigenvalue weighted by Gasteiger charge is 2.16. The molecule has 2 aromatic carbocycles. The van der Waals surface area contributed by atoms with Crippen LogP contribution in [0.3, 0.4) is 0 Å². The van der Waals surface area contributed by atoms with Crippen LogP contribution in [-0.2, 0) is 0 Å². The SMILES string of the molecule is COc1ccc(OC)c(C(N)c2cc(Cl)cc(Br)c2)c1. The molecule has 0 radical (unpaired) electrons. The maximum atomic E-state index is 6.34. The molecule has 2 aromatic rings. The van der Waals surface area contributed by atoms with Gasteiger partial charge >= 0.3 is 0 Å². The third-order valence-electron chi connectivity index (χ3n) is 3.02. The van der Waals surface area contributed by atoms with Crippen molar-refractivity contribution in [2.45, 2.75) is 6.04 Å². The van der Waals surface area contributed by atoms with Crippen molar-refractivity contribution in [3.8, 4) is 11.5 Å². The topological polar surface area (TPSA) is 44.5 Å². The van der Waals surface area contributed by atoms with Gasteiger partial charge in [0, 0.05) is 15.1 Å². The van der Waals surface area contributed by atoms with E-state index in [2.05, 4.69) is 15.9 Å². The van der Waals surface area contributed by atoms with Crippen LogP contribution in [0.5, 0.6) is 11.5 Å². The number of halogens is 2. The lowest BCUT2D eigenvalue weighted by Crippen LogP contribution is -2.13. The maximum absolute atomic E-state index is 6.34. The number of hydrogen-bond donors (Lipinski definition) is 1. The van der Waals surface area contributed by atoms with Crippen LogP contribution in [0.4, 0.5) is 0 Å². The molecule has 0 saturated carbocycles. The first-order valence-electron chi connectivity index (χ1n) is 5.98. The Hall–Kier alpha value is -1.23. The molecule has 5 heteroatoms. The Labute approximate surface area is 131 Å². The molecule has 1 atom stereocenters. The molecule has 0 saturated heterocycles. The quantitative estimate of drug-likeness (QED) is 0.894. The van der Waals surface area contributed by atoms with Crippen molar-refractivity contribution < 1.29 is 9.47 Å². The summed E-state index contributed by atoms with van der Waals surface area (Å²) in [4.78, 5) is 0. The number of hydrogen-bond acceptors (Lipinski definition) is 3. The van der Waals surface area contributed by atoms with E-state index in [0.29, 0.717) is 5.02 Å². The highest BCUT2D eigenvalue weighted by Crippen LogP contribution is 2.33. The van der Waals surface area contributed by atoms with Crippen LogP contribution in [0, 0.1) is 0 Å². The number of methoxy groups -OCH3 is 2. The molecule has 0 amide bonds. The molecular formula is C15H15BrClNO2. The van der Waals surface area contributed by atoms with Gasteiger partial charge in [0.1, 0.15) is 11.5 Å². The number of rotatable bonds is 4. The van der Waals surface area contributed by atoms with E-state index in [0.717, 1.165) is 27.1 Å². The molecule has 20 heavy (non-hydrogen) atoms. The molecule has 0 fully saturated rings. The monoisotopic (exact) mass is 355 g/mol. The standard InChI is InChI=1S/C15H15BrClNO2/c1-19-12-3-4-14(20-2)13(8-12)15(18)9-5-10(16)7-11(17)6-9/h3-8,15H,18H2,1-2H3. The molecule has 0 aromatic heterocycles. The molecule has 0 spiro atoms. The van der Waals surface area contributed by atoms with Gasteiger partial charge in [-0.25, -0.2) is 0 Å². The van der Waals surface area contributed by atoms with Gasteiger partial charge in [0.05, 0.1) is 20.3 Å². The summed E-state index contributed by atoms with van der Waals surface area (Å²) in [5.41, 5.74) is 8.09. The minimum absolute atomic E-state index is 0.352. The lowest BCUT2D eigenvalue weighted by atomic mass is 9.98. The highest BCUT2D eigenvalue weighted by molar-refractivity contribution is 9.10. The van der Waals surface area contributed by atoms with Crippen molar-refractivity contribution in [3.63, 3.8) is 0 Å². The predicted molar refractivity (Wildman–Crippen MR) is 84.7 cm³/mol. The largest absolute Gasteiger partial charge is 0.497 e. The highest BCUT2D eigenvalue weighted by atomic mass is 79.9. The normalized spacial score (nSPS) is 12.1. The summed E-state index contributed by atoms with van der Waals surface area (Å²) in [5, 5.41) is 0.631. The summed E-state index contributed by atoms with van der Waals surface area (Å²) in [6.07, 6.45) is 0. The van der Waals surface area contributed by atoms with Gasteiger partial charge in [-0.1, -0.05) is 27.5 Å². The Balaban J connectivity index is 2.48. The van der Waals surface area contributed by atoms with E-state index in [-0.39, 0.29) is 6.04 Å². The molecule has 0 aliphatic rings. The van der Waals surface area contributed by atoms with Crippen molar-refractivity contribution in [1.82, 2.24) is 0 Å². The first-order chi connectivity index (χ1) is 9.55. The fourth-order valence-electron chi connectivity index (χ4n) is 2.02. The summed E-state index contributed by atoms with van der Waals surface area (Å²) >= 11 is 9.49. The Morgan fingerprint density at radius 2 is 1.85 bits per heavy atom. The Bertz CT molecular complexity index is 599. The average Bonchev–Trinajstić information content (AvgIpc) is 2.44. The zero-order chi connectivity index (χ0) is 14.7. The van der Waals surface area contributed by atoms with Gasteiger partial charge in [0.2, 0.25) is 0 Å². The fourth-order valence-corrected chi connectivity index (χ4v) is 2.90. The molecule has 106 valence electrons. The van der Waals surface area contributed by atoms with Gasteiger partial charge < -0.3 is 15.2 Å². The van der Waals surface area contributed by atoms with Crippen molar-refractivity contribution in [1.29, 1.82) is 0 Å². The van der Waals surface area contributed by atoms with E-state index < -0.39 is 0 Å². The minimum Gasteiger partial charge on any atom is -0.497 e. The van der Waals surface area contributed by atoms with Crippen molar-refractivity contribution >= 4 is 27.5 Å². The van der Waals surface area contributed by atoms with Gasteiger partial charge in [-0.05, 0) is 42.0 Å². The van der Waals surface area contributed by atoms with Crippen LogP contribution in [-0.4, -0.2) is 14.2 Å². The molecule has 0 bridgehead atoms.